The predicted octanol–water partition coefficient (Wildman–Crippen LogP) is 2.78. The van der Waals surface area contributed by atoms with E-state index in [-0.39, 0.29) is 0 Å². The Labute approximate surface area is 104 Å². The molecule has 1 N–H and O–H groups in total. The van der Waals surface area contributed by atoms with Crippen molar-refractivity contribution >= 4 is 5.91 Å². The van der Waals surface area contributed by atoms with Crippen molar-refractivity contribution in [3.63, 3.8) is 0 Å². The van der Waals surface area contributed by atoms with Gasteiger partial charge in [-0.25, -0.2) is 8.78 Å². The van der Waals surface area contributed by atoms with Gasteiger partial charge in [-0.2, -0.15) is 5.26 Å². The van der Waals surface area contributed by atoms with Crippen LogP contribution < -0.4 is 5.32 Å². The van der Waals surface area contributed by atoms with Gasteiger partial charge in [-0.1, -0.05) is 19.9 Å². The van der Waals surface area contributed by atoms with E-state index in [1.807, 2.05) is 6.07 Å². The van der Waals surface area contributed by atoms with E-state index in [9.17, 15) is 13.6 Å². The molecule has 96 valence electrons. The Kier molecular flexibility index (Phi) is 4.38. The topological polar surface area (TPSA) is 52.9 Å². The van der Waals surface area contributed by atoms with Gasteiger partial charge in [0.15, 0.2) is 11.6 Å². The van der Waals surface area contributed by atoms with Crippen molar-refractivity contribution in [2.75, 3.05) is 0 Å². The van der Waals surface area contributed by atoms with Gasteiger partial charge >= 0.3 is 0 Å². The van der Waals surface area contributed by atoms with E-state index in [4.69, 9.17) is 5.26 Å². The first-order valence-corrected chi connectivity index (χ1v) is 5.67. The lowest BCUT2D eigenvalue weighted by molar-refractivity contribution is 0.0910. The summed E-state index contributed by atoms with van der Waals surface area (Å²) in [4.78, 5) is 11.8. The maximum atomic E-state index is 13.4. The number of nitrogens with zero attached hydrogens (tertiary/aromatic N) is 1. The summed E-state index contributed by atoms with van der Waals surface area (Å²) in [6, 6.07) is 5.37. The summed E-state index contributed by atoms with van der Waals surface area (Å²) in [6.45, 7) is 3.49. The fraction of sp³-hybridized carbons (Fsp3) is 0.385. The van der Waals surface area contributed by atoms with Gasteiger partial charge < -0.3 is 5.32 Å². The first-order valence-electron chi connectivity index (χ1n) is 5.67. The second-order valence-corrected chi connectivity index (χ2v) is 3.96. The van der Waals surface area contributed by atoms with Crippen LogP contribution in [-0.2, 0) is 0 Å². The quantitative estimate of drug-likeness (QED) is 0.895. The number of hydrogen-bond donors (Lipinski definition) is 1. The molecule has 0 radical (unpaired) electrons. The summed E-state index contributed by atoms with van der Waals surface area (Å²) in [5.74, 6) is -3.07. The van der Waals surface area contributed by atoms with Crippen LogP contribution in [0, 0.1) is 23.0 Å². The molecule has 0 spiro atoms. The van der Waals surface area contributed by atoms with Crippen LogP contribution in [0.4, 0.5) is 8.78 Å². The van der Waals surface area contributed by atoms with Gasteiger partial charge in [0, 0.05) is 0 Å². The summed E-state index contributed by atoms with van der Waals surface area (Å²) in [5.41, 5.74) is -1.44. The number of halogens is 2. The summed E-state index contributed by atoms with van der Waals surface area (Å²) in [5, 5.41) is 11.5. The van der Waals surface area contributed by atoms with E-state index >= 15 is 0 Å². The normalized spacial score (nSPS) is 10.8. The van der Waals surface area contributed by atoms with E-state index in [0.717, 1.165) is 6.07 Å². The lowest BCUT2D eigenvalue weighted by Crippen LogP contribution is -2.46. The first-order chi connectivity index (χ1) is 8.49. The molecule has 0 unspecified atom stereocenters. The lowest BCUT2D eigenvalue weighted by Gasteiger charge is -2.24. The molecule has 1 amide bonds. The molecule has 1 aromatic carbocycles. The third-order valence-corrected chi connectivity index (χ3v) is 2.97. The molecule has 1 aromatic rings. The highest BCUT2D eigenvalue weighted by Crippen LogP contribution is 2.17. The Morgan fingerprint density at radius 2 is 2.00 bits per heavy atom. The number of benzene rings is 1. The van der Waals surface area contributed by atoms with Crippen LogP contribution in [0.2, 0.25) is 0 Å². The molecule has 3 nitrogen and oxygen atoms in total. The molecular weight excluding hydrogens is 238 g/mol. The zero-order valence-corrected chi connectivity index (χ0v) is 10.3. The molecule has 0 saturated carbocycles. The van der Waals surface area contributed by atoms with Gasteiger partial charge in [0.25, 0.3) is 5.91 Å². The molecule has 0 aliphatic heterocycles. The van der Waals surface area contributed by atoms with E-state index in [1.54, 1.807) is 13.8 Å². The number of amides is 1. The largest absolute Gasteiger partial charge is 0.334 e. The molecule has 0 aliphatic carbocycles. The minimum atomic E-state index is -1.20. The summed E-state index contributed by atoms with van der Waals surface area (Å²) in [7, 11) is 0. The smallest absolute Gasteiger partial charge is 0.255 e. The van der Waals surface area contributed by atoms with Crippen molar-refractivity contribution in [2.45, 2.75) is 32.2 Å². The summed E-state index contributed by atoms with van der Waals surface area (Å²) < 4.78 is 26.4. The van der Waals surface area contributed by atoms with Crippen molar-refractivity contribution in [3.8, 4) is 6.07 Å². The molecule has 18 heavy (non-hydrogen) atoms. The van der Waals surface area contributed by atoms with Crippen LogP contribution in [0.3, 0.4) is 0 Å². The number of rotatable bonds is 4. The zero-order valence-electron chi connectivity index (χ0n) is 10.3. The number of nitrogens with one attached hydrogen (secondary N) is 1. The number of hydrogen-bond acceptors (Lipinski definition) is 2. The number of carbonyl (C=O) groups excluding carboxylic acids is 1. The van der Waals surface area contributed by atoms with E-state index in [2.05, 4.69) is 5.32 Å². The van der Waals surface area contributed by atoms with Crippen molar-refractivity contribution in [2.24, 2.45) is 0 Å². The van der Waals surface area contributed by atoms with Crippen LogP contribution >= 0.6 is 0 Å². The Morgan fingerprint density at radius 3 is 2.50 bits per heavy atom. The monoisotopic (exact) mass is 252 g/mol. The fourth-order valence-electron chi connectivity index (χ4n) is 1.58. The maximum Gasteiger partial charge on any atom is 0.255 e. The van der Waals surface area contributed by atoms with Crippen molar-refractivity contribution in [1.82, 2.24) is 5.32 Å². The van der Waals surface area contributed by atoms with E-state index in [1.165, 1.54) is 12.1 Å². The van der Waals surface area contributed by atoms with Crippen LogP contribution in [0.15, 0.2) is 18.2 Å². The molecule has 0 aromatic heterocycles. The minimum Gasteiger partial charge on any atom is -0.334 e. The number of nitriles is 1. The molecular formula is C13H14F2N2O. The highest BCUT2D eigenvalue weighted by Gasteiger charge is 2.29. The van der Waals surface area contributed by atoms with Crippen LogP contribution in [0.25, 0.3) is 0 Å². The molecule has 0 atom stereocenters. The fourth-order valence-corrected chi connectivity index (χ4v) is 1.58. The average Bonchev–Trinajstić information content (AvgIpc) is 2.39. The second kappa shape index (κ2) is 5.58. The van der Waals surface area contributed by atoms with Crippen molar-refractivity contribution in [1.29, 1.82) is 5.26 Å². The van der Waals surface area contributed by atoms with Crippen molar-refractivity contribution < 1.29 is 13.6 Å². The Morgan fingerprint density at radius 1 is 1.39 bits per heavy atom. The SMILES string of the molecule is CCC(C#N)(CC)NC(=O)c1cccc(F)c1F. The van der Waals surface area contributed by atoms with Crippen LogP contribution in [0.5, 0.6) is 0 Å². The first kappa shape index (κ1) is 14.1. The zero-order chi connectivity index (χ0) is 13.8. The van der Waals surface area contributed by atoms with Gasteiger partial charge in [0.05, 0.1) is 11.6 Å². The van der Waals surface area contributed by atoms with Crippen molar-refractivity contribution in [3.05, 3.63) is 35.4 Å². The van der Waals surface area contributed by atoms with Gasteiger partial charge in [0.1, 0.15) is 5.54 Å². The Hall–Kier alpha value is -1.96. The average molecular weight is 252 g/mol. The standard InChI is InChI=1S/C13H14F2N2O/c1-3-13(4-2,8-16)17-12(18)9-6-5-7-10(14)11(9)15/h5-7H,3-4H2,1-2H3,(H,17,18). The minimum absolute atomic E-state index is 0.392. The molecule has 0 aliphatic rings. The summed E-state index contributed by atoms with van der Waals surface area (Å²) in [6.07, 6.45) is 0.783. The molecule has 0 saturated heterocycles. The molecule has 0 bridgehead atoms. The highest BCUT2D eigenvalue weighted by molar-refractivity contribution is 5.95. The molecule has 5 heteroatoms. The van der Waals surface area contributed by atoms with Crippen LogP contribution in [-0.4, -0.2) is 11.4 Å². The second-order valence-electron chi connectivity index (χ2n) is 3.96. The molecule has 0 fully saturated rings. The molecule has 0 heterocycles. The Balaban J connectivity index is 3.03. The molecule has 1 rings (SSSR count). The third kappa shape index (κ3) is 2.65. The van der Waals surface area contributed by atoms with Gasteiger partial charge in [-0.05, 0) is 25.0 Å². The maximum absolute atomic E-state index is 13.4. The van der Waals surface area contributed by atoms with Gasteiger partial charge in [-0.3, -0.25) is 4.79 Å². The summed E-state index contributed by atoms with van der Waals surface area (Å²) >= 11 is 0. The van der Waals surface area contributed by atoms with E-state index in [0.29, 0.717) is 12.8 Å². The highest BCUT2D eigenvalue weighted by atomic mass is 19.2. The Bertz CT molecular complexity index is 490. The van der Waals surface area contributed by atoms with Gasteiger partial charge in [0.2, 0.25) is 0 Å². The lowest BCUT2D eigenvalue weighted by atomic mass is 9.94. The predicted molar refractivity (Wildman–Crippen MR) is 62.8 cm³/mol. The van der Waals surface area contributed by atoms with E-state index < -0.39 is 28.6 Å². The van der Waals surface area contributed by atoms with Gasteiger partial charge in [-0.15, -0.1) is 0 Å². The third-order valence-electron chi connectivity index (χ3n) is 2.97. The number of carbonyl (C=O) groups is 1. The van der Waals surface area contributed by atoms with Crippen LogP contribution in [0.1, 0.15) is 37.0 Å².